The first-order valence-corrected chi connectivity index (χ1v) is 10.5. The van der Waals surface area contributed by atoms with Crippen molar-refractivity contribution in [3.63, 3.8) is 0 Å². The summed E-state index contributed by atoms with van der Waals surface area (Å²) in [5.74, 6) is -0.750. The molecule has 0 aromatic heterocycles. The third-order valence-electron chi connectivity index (χ3n) is 4.38. The Hall–Kier alpha value is -1.27. The average molecular weight is 349 g/mol. The normalized spacial score (nSPS) is 10.8. The van der Waals surface area contributed by atoms with Crippen LogP contribution in [0.2, 0.25) is 0 Å². The van der Waals surface area contributed by atoms with Crippen LogP contribution in [0, 0.1) is 0 Å². The standard InChI is InChI=1S/C23H40O2/c1-2-3-4-5-6-7-8-9-10-11-12-13-14-15-16-17-18-19-20-21-22-23(24)25/h15-16,18,20H,2-14,17,21-22H2,1H3,(H,24,25)/b16-15-. The molecule has 1 N–H and O–H groups in total. The van der Waals surface area contributed by atoms with E-state index in [-0.39, 0.29) is 6.42 Å². The Morgan fingerprint density at radius 3 is 1.88 bits per heavy atom. The van der Waals surface area contributed by atoms with Crippen molar-refractivity contribution in [3.8, 4) is 0 Å². The van der Waals surface area contributed by atoms with E-state index in [1.807, 2.05) is 6.08 Å². The summed E-state index contributed by atoms with van der Waals surface area (Å²) < 4.78 is 0. The molecule has 0 unspecified atom stereocenters. The Kier molecular flexibility index (Phi) is 19.7. The third kappa shape index (κ3) is 22.7. The molecule has 0 fully saturated rings. The molecule has 0 amide bonds. The second-order valence-corrected chi connectivity index (χ2v) is 6.89. The lowest BCUT2D eigenvalue weighted by molar-refractivity contribution is -0.136. The first-order chi connectivity index (χ1) is 12.3. The number of rotatable bonds is 18. The van der Waals surface area contributed by atoms with Gasteiger partial charge in [0.1, 0.15) is 0 Å². The van der Waals surface area contributed by atoms with Crippen LogP contribution in [0.25, 0.3) is 0 Å². The van der Waals surface area contributed by atoms with Gasteiger partial charge in [0, 0.05) is 6.42 Å². The van der Waals surface area contributed by atoms with Gasteiger partial charge in [0.05, 0.1) is 0 Å². The van der Waals surface area contributed by atoms with Crippen LogP contribution in [0.5, 0.6) is 0 Å². The van der Waals surface area contributed by atoms with Gasteiger partial charge in [0.25, 0.3) is 0 Å². The van der Waals surface area contributed by atoms with Crippen LogP contribution in [0.15, 0.2) is 30.0 Å². The fourth-order valence-corrected chi connectivity index (χ4v) is 2.82. The number of allylic oxidation sites excluding steroid dienone is 3. The highest BCUT2D eigenvalue weighted by atomic mass is 16.4. The second-order valence-electron chi connectivity index (χ2n) is 6.89. The molecule has 144 valence electrons. The van der Waals surface area contributed by atoms with Crippen molar-refractivity contribution in [3.05, 3.63) is 30.0 Å². The number of aliphatic carboxylic acids is 1. The fraction of sp³-hybridized carbons (Fsp3) is 0.739. The lowest BCUT2D eigenvalue weighted by Crippen LogP contribution is -1.91. The van der Waals surface area contributed by atoms with Gasteiger partial charge in [0.15, 0.2) is 0 Å². The van der Waals surface area contributed by atoms with Crippen LogP contribution in [0.4, 0.5) is 0 Å². The molecule has 0 heterocycles. The summed E-state index contributed by atoms with van der Waals surface area (Å²) in [6.07, 6.45) is 27.8. The summed E-state index contributed by atoms with van der Waals surface area (Å²) >= 11 is 0. The smallest absolute Gasteiger partial charge is 0.303 e. The van der Waals surface area contributed by atoms with E-state index in [0.29, 0.717) is 6.42 Å². The van der Waals surface area contributed by atoms with Crippen LogP contribution in [-0.4, -0.2) is 11.1 Å². The number of hydrogen-bond donors (Lipinski definition) is 1. The Labute approximate surface area is 156 Å². The number of carboxylic acids is 1. The van der Waals surface area contributed by atoms with Crippen LogP contribution in [0.3, 0.4) is 0 Å². The molecular weight excluding hydrogens is 308 g/mol. The minimum absolute atomic E-state index is 0.190. The number of hydrogen-bond acceptors (Lipinski definition) is 1. The zero-order valence-electron chi connectivity index (χ0n) is 16.5. The molecule has 0 atom stereocenters. The summed E-state index contributed by atoms with van der Waals surface area (Å²) in [6.45, 7) is 2.28. The summed E-state index contributed by atoms with van der Waals surface area (Å²) in [5, 5.41) is 8.50. The highest BCUT2D eigenvalue weighted by Crippen LogP contribution is 2.12. The molecule has 0 aliphatic carbocycles. The summed E-state index contributed by atoms with van der Waals surface area (Å²) in [4.78, 5) is 10.3. The molecule has 0 aromatic rings. The van der Waals surface area contributed by atoms with Crippen LogP contribution >= 0.6 is 0 Å². The monoisotopic (exact) mass is 348 g/mol. The number of unbranched alkanes of at least 4 members (excludes halogenated alkanes) is 12. The van der Waals surface area contributed by atoms with E-state index in [1.165, 1.54) is 83.5 Å². The maximum Gasteiger partial charge on any atom is 0.303 e. The van der Waals surface area contributed by atoms with Gasteiger partial charge in [-0.1, -0.05) is 89.7 Å². The zero-order valence-corrected chi connectivity index (χ0v) is 16.5. The van der Waals surface area contributed by atoms with Crippen molar-refractivity contribution >= 4 is 5.97 Å². The Morgan fingerprint density at radius 1 is 0.760 bits per heavy atom. The van der Waals surface area contributed by atoms with Crippen molar-refractivity contribution in [2.45, 2.75) is 110 Å². The SMILES string of the molecule is CCCCCCCCCCCCCC/C=C\CC=C=CCCC(=O)O. The first-order valence-electron chi connectivity index (χ1n) is 10.5. The predicted molar refractivity (Wildman–Crippen MR) is 109 cm³/mol. The molecule has 25 heavy (non-hydrogen) atoms. The van der Waals surface area contributed by atoms with Crippen molar-refractivity contribution in [2.24, 2.45) is 0 Å². The van der Waals surface area contributed by atoms with E-state index in [2.05, 4.69) is 24.8 Å². The lowest BCUT2D eigenvalue weighted by Gasteiger charge is -2.02. The topological polar surface area (TPSA) is 37.3 Å². The molecule has 0 saturated heterocycles. The summed E-state index contributed by atoms with van der Waals surface area (Å²) in [6, 6.07) is 0. The van der Waals surface area contributed by atoms with Crippen molar-refractivity contribution in [2.75, 3.05) is 0 Å². The minimum Gasteiger partial charge on any atom is -0.481 e. The first kappa shape index (κ1) is 23.7. The van der Waals surface area contributed by atoms with Gasteiger partial charge >= 0.3 is 5.97 Å². The van der Waals surface area contributed by atoms with E-state index >= 15 is 0 Å². The van der Waals surface area contributed by atoms with E-state index in [9.17, 15) is 4.79 Å². The number of carbonyl (C=O) groups is 1. The van der Waals surface area contributed by atoms with Crippen LogP contribution in [0.1, 0.15) is 110 Å². The highest BCUT2D eigenvalue weighted by molar-refractivity contribution is 5.66. The maximum absolute atomic E-state index is 10.3. The molecule has 0 aliphatic heterocycles. The van der Waals surface area contributed by atoms with Crippen molar-refractivity contribution < 1.29 is 9.90 Å². The molecule has 0 aliphatic rings. The molecule has 0 spiro atoms. The molecule has 0 rings (SSSR count). The zero-order chi connectivity index (χ0) is 18.4. The average Bonchev–Trinajstić information content (AvgIpc) is 2.60. The van der Waals surface area contributed by atoms with Crippen molar-refractivity contribution in [1.82, 2.24) is 0 Å². The van der Waals surface area contributed by atoms with Gasteiger partial charge in [-0.05, 0) is 37.8 Å². The molecule has 0 bridgehead atoms. The molecule has 0 saturated carbocycles. The molecular formula is C23H40O2. The van der Waals surface area contributed by atoms with Gasteiger partial charge in [-0.25, -0.2) is 0 Å². The molecule has 2 heteroatoms. The van der Waals surface area contributed by atoms with E-state index in [1.54, 1.807) is 6.08 Å². The van der Waals surface area contributed by atoms with E-state index < -0.39 is 5.97 Å². The highest BCUT2D eigenvalue weighted by Gasteiger charge is 1.93. The lowest BCUT2D eigenvalue weighted by atomic mass is 10.0. The predicted octanol–water partition coefficient (Wildman–Crippen LogP) is 7.60. The molecule has 2 nitrogen and oxygen atoms in total. The van der Waals surface area contributed by atoms with E-state index in [4.69, 9.17) is 5.11 Å². The van der Waals surface area contributed by atoms with Crippen LogP contribution in [-0.2, 0) is 4.79 Å². The third-order valence-corrected chi connectivity index (χ3v) is 4.38. The van der Waals surface area contributed by atoms with Gasteiger partial charge in [-0.2, -0.15) is 0 Å². The van der Waals surface area contributed by atoms with Crippen LogP contribution < -0.4 is 0 Å². The van der Waals surface area contributed by atoms with Gasteiger partial charge in [-0.3, -0.25) is 4.79 Å². The Bertz CT molecular complexity index is 376. The number of carboxylic acid groups (broad SMARTS) is 1. The Morgan fingerprint density at radius 2 is 1.32 bits per heavy atom. The fourth-order valence-electron chi connectivity index (χ4n) is 2.82. The van der Waals surface area contributed by atoms with Crippen molar-refractivity contribution in [1.29, 1.82) is 0 Å². The maximum atomic E-state index is 10.3. The van der Waals surface area contributed by atoms with Gasteiger partial charge < -0.3 is 5.11 Å². The minimum atomic E-state index is -0.750. The second kappa shape index (κ2) is 20.8. The molecule has 0 aromatic carbocycles. The molecule has 0 radical (unpaired) electrons. The Balaban J connectivity index is 3.22. The van der Waals surface area contributed by atoms with Gasteiger partial charge in [0.2, 0.25) is 0 Å². The largest absolute Gasteiger partial charge is 0.481 e. The summed E-state index contributed by atoms with van der Waals surface area (Å²) in [5.41, 5.74) is 3.03. The quantitative estimate of drug-likeness (QED) is 0.157. The summed E-state index contributed by atoms with van der Waals surface area (Å²) in [7, 11) is 0. The van der Waals surface area contributed by atoms with E-state index in [0.717, 1.165) is 6.42 Å². The van der Waals surface area contributed by atoms with Gasteiger partial charge in [-0.15, -0.1) is 5.73 Å².